The maximum Gasteiger partial charge on any atom is 0.319 e. The van der Waals surface area contributed by atoms with Gasteiger partial charge in [0.15, 0.2) is 0 Å². The third-order valence-corrected chi connectivity index (χ3v) is 5.12. The molecule has 3 N–H and O–H groups in total. The molecule has 0 aliphatic rings. The Morgan fingerprint density at radius 1 is 0.636 bits per heavy atom. The van der Waals surface area contributed by atoms with Gasteiger partial charge in [0.05, 0.1) is 0 Å². The zero-order valence-corrected chi connectivity index (χ0v) is 18.0. The molecule has 0 radical (unpaired) electrons. The highest BCUT2D eigenvalue weighted by molar-refractivity contribution is 5.95. The monoisotopic (exact) mass is 436 g/mol. The summed E-state index contributed by atoms with van der Waals surface area (Å²) in [7, 11) is 0. The maximum atomic E-state index is 12.5. The average molecular weight is 437 g/mol. The van der Waals surface area contributed by atoms with E-state index in [1.54, 1.807) is 36.7 Å². The van der Waals surface area contributed by atoms with Gasteiger partial charge in [-0.2, -0.15) is 0 Å². The van der Waals surface area contributed by atoms with Crippen molar-refractivity contribution >= 4 is 17.6 Å². The predicted molar refractivity (Wildman–Crippen MR) is 130 cm³/mol. The van der Waals surface area contributed by atoms with Crippen molar-refractivity contribution in [1.82, 2.24) is 15.6 Å². The molecule has 0 aliphatic carbocycles. The van der Waals surface area contributed by atoms with Gasteiger partial charge in [-0.3, -0.25) is 9.78 Å². The van der Waals surface area contributed by atoms with Gasteiger partial charge in [0.25, 0.3) is 5.91 Å². The zero-order valence-electron chi connectivity index (χ0n) is 18.0. The van der Waals surface area contributed by atoms with Crippen LogP contribution in [-0.2, 0) is 13.1 Å². The summed E-state index contributed by atoms with van der Waals surface area (Å²) in [5, 5.41) is 8.47. The Hall–Kier alpha value is -4.45. The van der Waals surface area contributed by atoms with Crippen LogP contribution in [0.15, 0.2) is 103 Å². The summed E-state index contributed by atoms with van der Waals surface area (Å²) >= 11 is 0. The molecular weight excluding hydrogens is 412 g/mol. The van der Waals surface area contributed by atoms with Crippen molar-refractivity contribution < 1.29 is 9.59 Å². The Morgan fingerprint density at radius 3 is 1.94 bits per heavy atom. The van der Waals surface area contributed by atoms with Crippen LogP contribution < -0.4 is 16.0 Å². The zero-order chi connectivity index (χ0) is 22.9. The fourth-order valence-corrected chi connectivity index (χ4v) is 3.29. The van der Waals surface area contributed by atoms with Crippen molar-refractivity contribution in [3.8, 4) is 11.1 Å². The van der Waals surface area contributed by atoms with E-state index >= 15 is 0 Å². The van der Waals surface area contributed by atoms with Crippen LogP contribution >= 0.6 is 0 Å². The van der Waals surface area contributed by atoms with Gasteiger partial charge in [-0.05, 0) is 58.7 Å². The predicted octanol–water partition coefficient (Wildman–Crippen LogP) is 5.00. The first kappa shape index (κ1) is 21.8. The second-order valence-corrected chi connectivity index (χ2v) is 7.49. The molecular formula is C27H24N4O2. The summed E-state index contributed by atoms with van der Waals surface area (Å²) in [6.45, 7) is 0.840. The molecule has 33 heavy (non-hydrogen) atoms. The van der Waals surface area contributed by atoms with E-state index in [-0.39, 0.29) is 11.9 Å². The van der Waals surface area contributed by atoms with Gasteiger partial charge in [-0.15, -0.1) is 0 Å². The number of rotatable bonds is 7. The Bertz CT molecular complexity index is 1190. The lowest BCUT2D eigenvalue weighted by Crippen LogP contribution is -2.28. The summed E-state index contributed by atoms with van der Waals surface area (Å²) < 4.78 is 0. The molecule has 0 unspecified atom stereocenters. The van der Waals surface area contributed by atoms with Crippen LogP contribution in [0.2, 0.25) is 0 Å². The molecule has 0 atom stereocenters. The first-order valence-corrected chi connectivity index (χ1v) is 10.6. The van der Waals surface area contributed by atoms with Crippen LogP contribution in [0.3, 0.4) is 0 Å². The summed E-state index contributed by atoms with van der Waals surface area (Å²) in [6.07, 6.45) is 3.36. The summed E-state index contributed by atoms with van der Waals surface area (Å²) in [5.41, 5.74) is 5.41. The van der Waals surface area contributed by atoms with Gasteiger partial charge in [-0.25, -0.2) is 4.79 Å². The van der Waals surface area contributed by atoms with E-state index in [4.69, 9.17) is 0 Å². The summed E-state index contributed by atoms with van der Waals surface area (Å²) in [4.78, 5) is 28.5. The third kappa shape index (κ3) is 6.27. The number of hydrogen-bond acceptors (Lipinski definition) is 3. The van der Waals surface area contributed by atoms with E-state index in [0.29, 0.717) is 24.3 Å². The molecule has 0 spiro atoms. The number of benzene rings is 3. The molecule has 0 aliphatic heterocycles. The minimum absolute atomic E-state index is 0.171. The number of carbonyl (C=O) groups excluding carboxylic acids is 2. The largest absolute Gasteiger partial charge is 0.348 e. The fourth-order valence-electron chi connectivity index (χ4n) is 3.29. The highest BCUT2D eigenvalue weighted by Crippen LogP contribution is 2.19. The molecule has 164 valence electrons. The van der Waals surface area contributed by atoms with Gasteiger partial charge >= 0.3 is 6.03 Å². The number of carbonyl (C=O) groups is 2. The molecule has 6 nitrogen and oxygen atoms in total. The lowest BCUT2D eigenvalue weighted by Gasteiger charge is -2.09. The number of anilines is 1. The number of nitrogens with one attached hydrogen (secondary N) is 3. The number of amides is 3. The quantitative estimate of drug-likeness (QED) is 0.381. The topological polar surface area (TPSA) is 83.1 Å². The van der Waals surface area contributed by atoms with E-state index in [1.807, 2.05) is 42.5 Å². The Balaban J connectivity index is 1.25. The van der Waals surface area contributed by atoms with Crippen LogP contribution in [-0.4, -0.2) is 16.9 Å². The first-order chi connectivity index (χ1) is 16.2. The lowest BCUT2D eigenvalue weighted by atomic mass is 10.0. The Labute approximate surface area is 192 Å². The lowest BCUT2D eigenvalue weighted by molar-refractivity contribution is 0.0951. The normalized spacial score (nSPS) is 10.3. The van der Waals surface area contributed by atoms with Crippen molar-refractivity contribution in [1.29, 1.82) is 0 Å². The molecule has 0 bridgehead atoms. The minimum atomic E-state index is -0.317. The van der Waals surface area contributed by atoms with E-state index in [9.17, 15) is 9.59 Å². The third-order valence-electron chi connectivity index (χ3n) is 5.12. The van der Waals surface area contributed by atoms with Crippen molar-refractivity contribution in [2.45, 2.75) is 13.1 Å². The molecule has 3 aromatic carbocycles. The smallest absolute Gasteiger partial charge is 0.319 e. The summed E-state index contributed by atoms with van der Waals surface area (Å²) in [5.74, 6) is -0.171. The van der Waals surface area contributed by atoms with E-state index < -0.39 is 0 Å². The number of aromatic nitrogens is 1. The van der Waals surface area contributed by atoms with Gasteiger partial charge < -0.3 is 16.0 Å². The van der Waals surface area contributed by atoms with Gasteiger partial charge in [-0.1, -0.05) is 54.6 Å². The standard InChI is InChI=1S/C27H24N4O2/c32-26(29-18-20-6-8-23(9-7-20)22-4-2-1-3-5-22)24-10-12-25(13-11-24)31-27(33)30-19-21-14-16-28-17-15-21/h1-17H,18-19H2,(H,29,32)(H2,30,31,33). The molecule has 1 heterocycles. The van der Waals surface area contributed by atoms with E-state index in [2.05, 4.69) is 45.2 Å². The molecule has 0 fully saturated rings. The van der Waals surface area contributed by atoms with Gasteiger partial charge in [0.1, 0.15) is 0 Å². The number of hydrogen-bond donors (Lipinski definition) is 3. The van der Waals surface area contributed by atoms with Crippen molar-refractivity contribution in [3.05, 3.63) is 120 Å². The van der Waals surface area contributed by atoms with Crippen LogP contribution in [0, 0.1) is 0 Å². The molecule has 6 heteroatoms. The van der Waals surface area contributed by atoms with Crippen LogP contribution in [0.25, 0.3) is 11.1 Å². The van der Waals surface area contributed by atoms with Crippen LogP contribution in [0.1, 0.15) is 21.5 Å². The highest BCUT2D eigenvalue weighted by Gasteiger charge is 2.07. The summed E-state index contributed by atoms with van der Waals surface area (Å²) in [6, 6.07) is 28.4. The van der Waals surface area contributed by atoms with Crippen LogP contribution in [0.5, 0.6) is 0 Å². The van der Waals surface area contributed by atoms with E-state index in [1.165, 1.54) is 0 Å². The minimum Gasteiger partial charge on any atom is -0.348 e. The highest BCUT2D eigenvalue weighted by atomic mass is 16.2. The SMILES string of the molecule is O=C(NCc1ccncc1)Nc1ccc(C(=O)NCc2ccc(-c3ccccc3)cc2)cc1. The molecule has 0 saturated carbocycles. The second kappa shape index (κ2) is 10.7. The van der Waals surface area contributed by atoms with E-state index in [0.717, 1.165) is 22.3 Å². The Kier molecular flexibility index (Phi) is 7.08. The molecule has 3 amide bonds. The van der Waals surface area contributed by atoms with Crippen LogP contribution in [0.4, 0.5) is 10.5 Å². The van der Waals surface area contributed by atoms with Gasteiger partial charge in [0.2, 0.25) is 0 Å². The molecule has 0 saturated heterocycles. The first-order valence-electron chi connectivity index (χ1n) is 10.6. The molecule has 1 aromatic heterocycles. The Morgan fingerprint density at radius 2 is 1.24 bits per heavy atom. The second-order valence-electron chi connectivity index (χ2n) is 7.49. The van der Waals surface area contributed by atoms with Crippen molar-refractivity contribution in [2.24, 2.45) is 0 Å². The molecule has 4 aromatic rings. The number of nitrogens with zero attached hydrogens (tertiary/aromatic N) is 1. The fraction of sp³-hybridized carbons (Fsp3) is 0.0741. The maximum absolute atomic E-state index is 12.5. The number of pyridine rings is 1. The van der Waals surface area contributed by atoms with Crippen molar-refractivity contribution in [3.63, 3.8) is 0 Å². The number of urea groups is 1. The van der Waals surface area contributed by atoms with Gasteiger partial charge in [0, 0.05) is 36.7 Å². The van der Waals surface area contributed by atoms with Crippen molar-refractivity contribution in [2.75, 3.05) is 5.32 Å². The average Bonchev–Trinajstić information content (AvgIpc) is 2.88. The molecule has 4 rings (SSSR count).